The molecule has 23 heavy (non-hydrogen) atoms. The molecule has 1 unspecified atom stereocenters. The second-order valence-electron chi connectivity index (χ2n) is 6.14. The maximum absolute atomic E-state index is 12.5. The number of nitrogens with zero attached hydrogens (tertiary/aromatic N) is 5. The lowest BCUT2D eigenvalue weighted by Crippen LogP contribution is -2.41. The molecule has 2 aromatic heterocycles. The molecule has 2 aromatic rings. The van der Waals surface area contributed by atoms with Gasteiger partial charge in [-0.25, -0.2) is 15.0 Å². The lowest BCUT2D eigenvalue weighted by Gasteiger charge is -2.24. The summed E-state index contributed by atoms with van der Waals surface area (Å²) in [5, 5.41) is 3.09. The number of aryl methyl sites for hydroxylation is 1. The van der Waals surface area contributed by atoms with Gasteiger partial charge >= 0.3 is 0 Å². The molecule has 4 rings (SSSR count). The van der Waals surface area contributed by atoms with E-state index in [2.05, 4.69) is 29.7 Å². The summed E-state index contributed by atoms with van der Waals surface area (Å²) >= 11 is 0. The second-order valence-corrected chi connectivity index (χ2v) is 6.14. The minimum atomic E-state index is -0.124. The second kappa shape index (κ2) is 5.98. The summed E-state index contributed by atoms with van der Waals surface area (Å²) in [7, 11) is 0. The first-order chi connectivity index (χ1) is 11.3. The van der Waals surface area contributed by atoms with E-state index in [4.69, 9.17) is 0 Å². The van der Waals surface area contributed by atoms with Crippen LogP contribution in [0.3, 0.4) is 0 Å². The molecule has 0 radical (unpaired) electrons. The number of hydrogen-bond acceptors (Lipinski definition) is 5. The van der Waals surface area contributed by atoms with Crippen molar-refractivity contribution in [3.8, 4) is 0 Å². The summed E-state index contributed by atoms with van der Waals surface area (Å²) < 4.78 is 2.10. The van der Waals surface area contributed by atoms with E-state index in [1.165, 1.54) is 0 Å². The molecular weight excluding hydrogens is 292 g/mol. The average Bonchev–Trinajstić information content (AvgIpc) is 3.26. The largest absolute Gasteiger partial charge is 0.346 e. The fraction of sp³-hybridized carbons (Fsp3) is 0.500. The van der Waals surface area contributed by atoms with Crippen LogP contribution in [0.15, 0.2) is 24.7 Å². The van der Waals surface area contributed by atoms with E-state index >= 15 is 0 Å². The van der Waals surface area contributed by atoms with E-state index in [9.17, 15) is 4.79 Å². The van der Waals surface area contributed by atoms with Crippen molar-refractivity contribution in [1.82, 2.24) is 24.8 Å². The maximum atomic E-state index is 12.5. The third kappa shape index (κ3) is 2.91. The molecule has 1 saturated heterocycles. The van der Waals surface area contributed by atoms with Gasteiger partial charge in [-0.1, -0.05) is 0 Å². The Morgan fingerprint density at radius 2 is 2.09 bits per heavy atom. The molecule has 1 fully saturated rings. The Labute approximate surface area is 134 Å². The zero-order valence-corrected chi connectivity index (χ0v) is 13.0. The molecule has 2 aliphatic rings. The number of rotatable bonds is 3. The average molecular weight is 312 g/mol. The molecule has 0 aromatic carbocycles. The van der Waals surface area contributed by atoms with Crippen LogP contribution in [-0.2, 0) is 13.0 Å². The number of imidazole rings is 1. The van der Waals surface area contributed by atoms with Gasteiger partial charge in [0.05, 0.1) is 0 Å². The molecule has 2 aliphatic heterocycles. The van der Waals surface area contributed by atoms with E-state index in [1.54, 1.807) is 12.3 Å². The van der Waals surface area contributed by atoms with Crippen molar-refractivity contribution < 1.29 is 4.79 Å². The number of carbonyl (C=O) groups excluding carboxylic acids is 1. The molecule has 1 amide bonds. The summed E-state index contributed by atoms with van der Waals surface area (Å²) in [4.78, 5) is 27.7. The summed E-state index contributed by atoms with van der Waals surface area (Å²) in [5.41, 5.74) is 0.443. The predicted molar refractivity (Wildman–Crippen MR) is 85.3 cm³/mol. The van der Waals surface area contributed by atoms with Crippen LogP contribution in [0.1, 0.15) is 35.6 Å². The quantitative estimate of drug-likeness (QED) is 0.916. The van der Waals surface area contributed by atoms with Gasteiger partial charge in [0.25, 0.3) is 5.91 Å². The third-order valence-corrected chi connectivity index (χ3v) is 4.53. The number of nitrogens with one attached hydrogen (secondary N) is 1. The zero-order chi connectivity index (χ0) is 15.6. The Kier molecular flexibility index (Phi) is 3.69. The van der Waals surface area contributed by atoms with Gasteiger partial charge in [0.15, 0.2) is 0 Å². The highest BCUT2D eigenvalue weighted by atomic mass is 16.2. The van der Waals surface area contributed by atoms with Crippen molar-refractivity contribution in [3.63, 3.8) is 0 Å². The highest BCUT2D eigenvalue weighted by molar-refractivity contribution is 5.92. The number of hydrogen-bond donors (Lipinski definition) is 1. The third-order valence-electron chi connectivity index (χ3n) is 4.53. The van der Waals surface area contributed by atoms with Crippen LogP contribution in [-0.4, -0.2) is 44.6 Å². The van der Waals surface area contributed by atoms with Crippen LogP contribution in [0, 0.1) is 0 Å². The lowest BCUT2D eigenvalue weighted by atomic mass is 10.1. The van der Waals surface area contributed by atoms with Gasteiger partial charge in [0.1, 0.15) is 11.5 Å². The van der Waals surface area contributed by atoms with E-state index in [0.717, 1.165) is 51.1 Å². The van der Waals surface area contributed by atoms with E-state index in [1.807, 2.05) is 12.4 Å². The fourth-order valence-electron chi connectivity index (χ4n) is 3.29. The molecule has 7 nitrogen and oxygen atoms in total. The molecular formula is C16H20N6O. The van der Waals surface area contributed by atoms with Crippen LogP contribution in [0.5, 0.6) is 0 Å². The smallest absolute Gasteiger partial charge is 0.270 e. The summed E-state index contributed by atoms with van der Waals surface area (Å²) in [5.74, 6) is 1.63. The van der Waals surface area contributed by atoms with Gasteiger partial charge in [0.2, 0.25) is 5.95 Å². The van der Waals surface area contributed by atoms with Crippen molar-refractivity contribution in [2.45, 2.75) is 38.3 Å². The number of amides is 1. The zero-order valence-electron chi connectivity index (χ0n) is 13.0. The van der Waals surface area contributed by atoms with Gasteiger partial charge in [-0.05, 0) is 25.3 Å². The first kappa shape index (κ1) is 14.2. The van der Waals surface area contributed by atoms with Crippen molar-refractivity contribution in [3.05, 3.63) is 36.2 Å². The molecule has 1 atom stereocenters. The topological polar surface area (TPSA) is 75.9 Å². The molecule has 4 heterocycles. The van der Waals surface area contributed by atoms with Crippen LogP contribution < -0.4 is 10.2 Å². The standard InChI is InChI=1S/C16H20N6O/c23-15(19-12-3-4-14-17-7-10-22(14)11-12)13-5-6-18-16(20-13)21-8-1-2-9-21/h5-7,10,12H,1-4,8-9,11H2,(H,19,23). The van der Waals surface area contributed by atoms with Gasteiger partial charge in [-0.15, -0.1) is 0 Å². The number of anilines is 1. The number of carbonyl (C=O) groups is 1. The van der Waals surface area contributed by atoms with E-state index in [-0.39, 0.29) is 11.9 Å². The molecule has 0 aliphatic carbocycles. The Morgan fingerprint density at radius 1 is 1.22 bits per heavy atom. The Morgan fingerprint density at radius 3 is 2.96 bits per heavy atom. The summed E-state index contributed by atoms with van der Waals surface area (Å²) in [6.45, 7) is 2.71. The fourth-order valence-corrected chi connectivity index (χ4v) is 3.29. The van der Waals surface area contributed by atoms with Crippen molar-refractivity contribution >= 4 is 11.9 Å². The number of aromatic nitrogens is 4. The highest BCUT2D eigenvalue weighted by Crippen LogP contribution is 2.16. The normalized spacial score (nSPS) is 20.3. The van der Waals surface area contributed by atoms with Crippen LogP contribution >= 0.6 is 0 Å². The summed E-state index contributed by atoms with van der Waals surface area (Å²) in [6, 6.07) is 1.80. The molecule has 0 bridgehead atoms. The maximum Gasteiger partial charge on any atom is 0.270 e. The Balaban J connectivity index is 1.44. The van der Waals surface area contributed by atoms with Gasteiger partial charge < -0.3 is 14.8 Å². The number of fused-ring (bicyclic) bond motifs is 1. The van der Waals surface area contributed by atoms with E-state index < -0.39 is 0 Å². The van der Waals surface area contributed by atoms with Crippen molar-refractivity contribution in [1.29, 1.82) is 0 Å². The summed E-state index contributed by atoms with van der Waals surface area (Å²) in [6.07, 6.45) is 9.57. The van der Waals surface area contributed by atoms with Crippen LogP contribution in [0.25, 0.3) is 0 Å². The van der Waals surface area contributed by atoms with Gasteiger partial charge in [0, 0.05) is 50.7 Å². The van der Waals surface area contributed by atoms with E-state index in [0.29, 0.717) is 11.6 Å². The molecule has 1 N–H and O–H groups in total. The van der Waals surface area contributed by atoms with Gasteiger partial charge in [-0.2, -0.15) is 0 Å². The van der Waals surface area contributed by atoms with Crippen molar-refractivity contribution in [2.75, 3.05) is 18.0 Å². The molecule has 120 valence electrons. The Hall–Kier alpha value is -2.44. The minimum absolute atomic E-state index is 0.120. The molecule has 0 spiro atoms. The lowest BCUT2D eigenvalue weighted by molar-refractivity contribution is 0.0922. The van der Waals surface area contributed by atoms with Crippen LogP contribution in [0.4, 0.5) is 5.95 Å². The SMILES string of the molecule is O=C(NC1CCc2nccn2C1)c1ccnc(N2CCCC2)n1. The minimum Gasteiger partial charge on any atom is -0.346 e. The first-order valence-electron chi connectivity index (χ1n) is 8.18. The molecule has 0 saturated carbocycles. The first-order valence-corrected chi connectivity index (χ1v) is 8.18. The monoisotopic (exact) mass is 312 g/mol. The Bertz CT molecular complexity index is 706. The molecule has 7 heteroatoms. The van der Waals surface area contributed by atoms with Crippen LogP contribution in [0.2, 0.25) is 0 Å². The highest BCUT2D eigenvalue weighted by Gasteiger charge is 2.22. The van der Waals surface area contributed by atoms with Gasteiger partial charge in [-0.3, -0.25) is 4.79 Å². The van der Waals surface area contributed by atoms with Crippen molar-refractivity contribution in [2.24, 2.45) is 0 Å². The predicted octanol–water partition coefficient (Wildman–Crippen LogP) is 1.02.